The number of carbonyl (C=O) groups is 3. The van der Waals surface area contributed by atoms with Crippen LogP contribution < -0.4 is 11.1 Å². The summed E-state index contributed by atoms with van der Waals surface area (Å²) in [5.41, 5.74) is 4.73. The number of nitrogens with two attached hydrogens (primary N) is 1. The predicted octanol–water partition coefficient (Wildman–Crippen LogP) is 0.168. The van der Waals surface area contributed by atoms with Gasteiger partial charge >= 0.3 is 12.0 Å². The van der Waals surface area contributed by atoms with E-state index in [1.807, 2.05) is 5.32 Å². The highest BCUT2D eigenvalue weighted by Gasteiger charge is 2.27. The smallest absolute Gasteiger partial charge is 0.319 e. The summed E-state index contributed by atoms with van der Waals surface area (Å²) in [7, 11) is 0. The number of hydrogen-bond acceptors (Lipinski definition) is 4. The number of thioether (sulfide) groups is 1. The van der Waals surface area contributed by atoms with Gasteiger partial charge in [-0.25, -0.2) is 4.79 Å². The Balaban J connectivity index is 3.84. The fourth-order valence-electron chi connectivity index (χ4n) is 0.661. The number of carboxylic acids is 1. The molecule has 0 unspecified atom stereocenters. The van der Waals surface area contributed by atoms with Gasteiger partial charge in [0.1, 0.15) is 4.75 Å². The van der Waals surface area contributed by atoms with Crippen LogP contribution in [-0.4, -0.2) is 33.5 Å². The first kappa shape index (κ1) is 13.8. The Bertz CT molecular complexity index is 278. The molecular weight excluding hydrogens is 220 g/mol. The molecule has 6 nitrogen and oxygen atoms in total. The summed E-state index contributed by atoms with van der Waals surface area (Å²) in [4.78, 5) is 31.9. The van der Waals surface area contributed by atoms with E-state index in [2.05, 4.69) is 0 Å². The summed E-state index contributed by atoms with van der Waals surface area (Å²) in [6.45, 7) is 3.10. The number of primary amides is 1. The molecule has 0 heterocycles. The van der Waals surface area contributed by atoms with Crippen molar-refractivity contribution in [1.82, 2.24) is 5.32 Å². The maximum absolute atomic E-state index is 10.9. The minimum Gasteiger partial charge on any atom is -0.480 e. The van der Waals surface area contributed by atoms with E-state index in [1.165, 1.54) is 0 Å². The second-order valence-electron chi connectivity index (χ2n) is 3.33. The van der Waals surface area contributed by atoms with Gasteiger partial charge < -0.3 is 10.8 Å². The number of urea groups is 1. The lowest BCUT2D eigenvalue weighted by molar-refractivity contribution is -0.138. The van der Waals surface area contributed by atoms with Crippen molar-refractivity contribution >= 4 is 29.7 Å². The Hall–Kier alpha value is -1.24. The molecule has 4 N–H and O–H groups in total. The number of hydrogen-bond donors (Lipinski definition) is 3. The van der Waals surface area contributed by atoms with Gasteiger partial charge in [0, 0.05) is 12.2 Å². The van der Waals surface area contributed by atoms with Gasteiger partial charge in [-0.3, -0.25) is 14.9 Å². The second kappa shape index (κ2) is 5.59. The molecule has 0 saturated heterocycles. The highest BCUT2D eigenvalue weighted by Crippen LogP contribution is 2.24. The zero-order valence-electron chi connectivity index (χ0n) is 8.57. The molecule has 15 heavy (non-hydrogen) atoms. The highest BCUT2D eigenvalue weighted by molar-refractivity contribution is 8.01. The Morgan fingerprint density at radius 2 is 1.93 bits per heavy atom. The Kier molecular flexibility index (Phi) is 5.13. The van der Waals surface area contributed by atoms with Gasteiger partial charge in [-0.1, -0.05) is 0 Å². The number of carboxylic acid groups (broad SMARTS) is 1. The number of rotatable bonds is 5. The van der Waals surface area contributed by atoms with Crippen LogP contribution >= 0.6 is 11.8 Å². The zero-order valence-corrected chi connectivity index (χ0v) is 9.39. The van der Waals surface area contributed by atoms with Gasteiger partial charge in [0.15, 0.2) is 0 Å². The van der Waals surface area contributed by atoms with Crippen LogP contribution in [0, 0.1) is 0 Å². The first-order chi connectivity index (χ1) is 6.75. The topological polar surface area (TPSA) is 109 Å². The fraction of sp³-hybridized carbons (Fsp3) is 0.625. The van der Waals surface area contributed by atoms with Crippen LogP contribution in [0.2, 0.25) is 0 Å². The van der Waals surface area contributed by atoms with Crippen molar-refractivity contribution in [2.75, 3.05) is 5.75 Å². The molecular formula is C8H14N2O4S. The lowest BCUT2D eigenvalue weighted by Crippen LogP contribution is -2.35. The molecule has 0 bridgehead atoms. The average molecular weight is 234 g/mol. The molecule has 0 aliphatic carbocycles. The molecule has 0 radical (unpaired) electrons. The van der Waals surface area contributed by atoms with Gasteiger partial charge in [0.05, 0.1) is 0 Å². The summed E-state index contributed by atoms with van der Waals surface area (Å²) in [6.07, 6.45) is 0.0598. The van der Waals surface area contributed by atoms with Gasteiger partial charge in [-0.2, -0.15) is 0 Å². The van der Waals surface area contributed by atoms with Crippen LogP contribution in [0.15, 0.2) is 0 Å². The van der Waals surface area contributed by atoms with Crippen molar-refractivity contribution in [2.24, 2.45) is 5.73 Å². The van der Waals surface area contributed by atoms with E-state index in [1.54, 1.807) is 13.8 Å². The van der Waals surface area contributed by atoms with E-state index < -0.39 is 22.7 Å². The van der Waals surface area contributed by atoms with Gasteiger partial charge in [0.25, 0.3) is 0 Å². The molecule has 0 aromatic rings. The normalized spacial score (nSPS) is 10.8. The van der Waals surface area contributed by atoms with E-state index in [-0.39, 0.29) is 6.42 Å². The van der Waals surface area contributed by atoms with Crippen molar-refractivity contribution < 1.29 is 19.5 Å². The van der Waals surface area contributed by atoms with Gasteiger partial charge in [-0.15, -0.1) is 11.8 Å². The minimum absolute atomic E-state index is 0.0598. The summed E-state index contributed by atoms with van der Waals surface area (Å²) in [5, 5.41) is 10.7. The first-order valence-corrected chi connectivity index (χ1v) is 5.21. The van der Waals surface area contributed by atoms with Gasteiger partial charge in [0.2, 0.25) is 5.91 Å². The van der Waals surface area contributed by atoms with Gasteiger partial charge in [-0.05, 0) is 13.8 Å². The summed E-state index contributed by atoms with van der Waals surface area (Å²) >= 11 is 1.13. The molecule has 0 aromatic heterocycles. The Labute approximate surface area is 91.6 Å². The molecule has 0 aromatic carbocycles. The summed E-state index contributed by atoms with van der Waals surface area (Å²) in [5.74, 6) is -1.13. The van der Waals surface area contributed by atoms with Crippen LogP contribution in [0.1, 0.15) is 20.3 Å². The monoisotopic (exact) mass is 234 g/mol. The van der Waals surface area contributed by atoms with Crippen molar-refractivity contribution in [1.29, 1.82) is 0 Å². The third kappa shape index (κ3) is 5.95. The lowest BCUT2D eigenvalue weighted by Gasteiger charge is -2.17. The Morgan fingerprint density at radius 3 is 2.33 bits per heavy atom. The van der Waals surface area contributed by atoms with Crippen molar-refractivity contribution in [2.45, 2.75) is 25.0 Å². The number of amides is 3. The molecule has 0 saturated carbocycles. The quantitative estimate of drug-likeness (QED) is 0.628. The van der Waals surface area contributed by atoms with Crippen LogP contribution in [-0.2, 0) is 9.59 Å². The third-order valence-corrected chi connectivity index (χ3v) is 2.87. The van der Waals surface area contributed by atoms with Crippen LogP contribution in [0.25, 0.3) is 0 Å². The summed E-state index contributed by atoms with van der Waals surface area (Å²) < 4.78 is -0.937. The van der Waals surface area contributed by atoms with Crippen LogP contribution in [0.4, 0.5) is 4.79 Å². The molecule has 0 spiro atoms. The van der Waals surface area contributed by atoms with Crippen molar-refractivity contribution in [3.63, 3.8) is 0 Å². The van der Waals surface area contributed by atoms with E-state index in [0.717, 1.165) is 11.8 Å². The maximum atomic E-state index is 10.9. The molecule has 0 rings (SSSR count). The zero-order chi connectivity index (χ0) is 12.1. The molecule has 3 amide bonds. The highest BCUT2D eigenvalue weighted by atomic mass is 32.2. The number of carbonyl (C=O) groups excluding carboxylic acids is 2. The molecule has 0 atom stereocenters. The SMILES string of the molecule is CC(C)(SCCC(=O)NC(N)=O)C(=O)O. The largest absolute Gasteiger partial charge is 0.480 e. The minimum atomic E-state index is -0.942. The summed E-state index contributed by atoms with van der Waals surface area (Å²) in [6, 6.07) is -0.900. The Morgan fingerprint density at radius 1 is 1.40 bits per heavy atom. The molecule has 7 heteroatoms. The van der Waals surface area contributed by atoms with E-state index in [4.69, 9.17) is 10.8 Å². The second-order valence-corrected chi connectivity index (χ2v) is 5.04. The lowest BCUT2D eigenvalue weighted by atomic mass is 10.2. The third-order valence-electron chi connectivity index (χ3n) is 1.57. The fourth-order valence-corrected chi connectivity index (χ4v) is 1.58. The predicted molar refractivity (Wildman–Crippen MR) is 56.5 cm³/mol. The van der Waals surface area contributed by atoms with E-state index in [0.29, 0.717) is 5.75 Å². The molecule has 86 valence electrons. The number of imide groups is 1. The van der Waals surface area contributed by atoms with E-state index in [9.17, 15) is 14.4 Å². The van der Waals surface area contributed by atoms with Crippen LogP contribution in [0.3, 0.4) is 0 Å². The first-order valence-electron chi connectivity index (χ1n) is 4.22. The van der Waals surface area contributed by atoms with Crippen LogP contribution in [0.5, 0.6) is 0 Å². The molecule has 0 fully saturated rings. The number of nitrogens with one attached hydrogen (secondary N) is 1. The average Bonchev–Trinajstić information content (AvgIpc) is 2.01. The van der Waals surface area contributed by atoms with Crippen molar-refractivity contribution in [3.8, 4) is 0 Å². The molecule has 0 aliphatic heterocycles. The van der Waals surface area contributed by atoms with Crippen molar-refractivity contribution in [3.05, 3.63) is 0 Å². The number of aliphatic carboxylic acids is 1. The standard InChI is InChI=1S/C8H14N2O4S/c1-8(2,6(12)13)15-4-3-5(11)10-7(9)14/h3-4H2,1-2H3,(H,12,13)(H3,9,10,11,14). The van der Waals surface area contributed by atoms with E-state index >= 15 is 0 Å². The molecule has 0 aliphatic rings. The maximum Gasteiger partial charge on any atom is 0.319 e.